The third-order valence-electron chi connectivity index (χ3n) is 4.31. The van der Waals surface area contributed by atoms with Gasteiger partial charge >= 0.3 is 6.09 Å². The van der Waals surface area contributed by atoms with E-state index < -0.39 is 12.1 Å². The first-order valence-electron chi connectivity index (χ1n) is 7.82. The maximum atomic E-state index is 12.8. The van der Waals surface area contributed by atoms with E-state index in [4.69, 9.17) is 4.74 Å². The van der Waals surface area contributed by atoms with Gasteiger partial charge in [-0.25, -0.2) is 9.78 Å². The van der Waals surface area contributed by atoms with E-state index in [2.05, 4.69) is 4.98 Å². The summed E-state index contributed by atoms with van der Waals surface area (Å²) in [6.45, 7) is 0.198. The number of benzene rings is 1. The fraction of sp³-hybridized carbons (Fsp3) is 0.353. The van der Waals surface area contributed by atoms with Gasteiger partial charge in [-0.15, -0.1) is 11.3 Å². The van der Waals surface area contributed by atoms with Crippen molar-refractivity contribution in [3.63, 3.8) is 0 Å². The quantitative estimate of drug-likeness (QED) is 0.905. The Hall–Kier alpha value is -2.45. The van der Waals surface area contributed by atoms with E-state index >= 15 is 0 Å². The molecule has 0 radical (unpaired) electrons. The van der Waals surface area contributed by atoms with Crippen LogP contribution in [0.4, 0.5) is 9.93 Å². The molecule has 0 bridgehead atoms. The molecule has 2 atom stereocenters. The number of ether oxygens (including phenoxy) is 1. The highest BCUT2D eigenvalue weighted by molar-refractivity contribution is 7.14. The highest BCUT2D eigenvalue weighted by atomic mass is 32.1. The molecule has 1 N–H and O–H groups in total. The topological polar surface area (TPSA) is 83.0 Å². The number of carbonyl (C=O) groups is 2. The summed E-state index contributed by atoms with van der Waals surface area (Å²) < 4.78 is 5.23. The van der Waals surface area contributed by atoms with Crippen LogP contribution in [0.15, 0.2) is 35.7 Å². The number of likely N-dealkylation sites (N-methyl/N-ethyl adjacent to an activating group) is 1. The van der Waals surface area contributed by atoms with Crippen molar-refractivity contribution in [3.05, 3.63) is 35.7 Å². The summed E-state index contributed by atoms with van der Waals surface area (Å²) in [5.74, 6) is -0.295. The van der Waals surface area contributed by atoms with E-state index in [1.54, 1.807) is 7.05 Å². The van der Waals surface area contributed by atoms with Gasteiger partial charge in [-0.3, -0.25) is 14.6 Å². The minimum absolute atomic E-state index is 0.198. The zero-order chi connectivity index (χ0) is 18.0. The maximum Gasteiger partial charge on any atom is 0.408 e. The van der Waals surface area contributed by atoms with Crippen LogP contribution in [0.2, 0.25) is 0 Å². The molecule has 1 saturated heterocycles. The number of hydrogen-bond donors (Lipinski definition) is 1. The number of nitrogens with zero attached hydrogens (tertiary/aromatic N) is 3. The van der Waals surface area contributed by atoms with E-state index in [-0.39, 0.29) is 18.6 Å². The average Bonchev–Trinajstić information content (AvgIpc) is 3.28. The van der Waals surface area contributed by atoms with Crippen LogP contribution in [-0.4, -0.2) is 59.8 Å². The molecule has 1 aliphatic heterocycles. The van der Waals surface area contributed by atoms with Crippen molar-refractivity contribution < 1.29 is 19.4 Å². The number of methoxy groups -OCH3 is 1. The van der Waals surface area contributed by atoms with Gasteiger partial charge < -0.3 is 9.84 Å². The maximum absolute atomic E-state index is 12.8. The SMILES string of the molecule is CO[C@H]1C[C@@H](C(=O)N(C)c2nc(-c3ccccc3)cs2)N(C(=O)O)C1. The molecule has 1 aromatic heterocycles. The lowest BCUT2D eigenvalue weighted by Crippen LogP contribution is -2.46. The summed E-state index contributed by atoms with van der Waals surface area (Å²) in [7, 11) is 3.14. The van der Waals surface area contributed by atoms with Crippen molar-refractivity contribution in [1.82, 2.24) is 9.88 Å². The molecule has 25 heavy (non-hydrogen) atoms. The van der Waals surface area contributed by atoms with E-state index in [1.165, 1.54) is 23.3 Å². The van der Waals surface area contributed by atoms with Crippen LogP contribution in [0.5, 0.6) is 0 Å². The van der Waals surface area contributed by atoms with Crippen LogP contribution in [0.1, 0.15) is 6.42 Å². The van der Waals surface area contributed by atoms with Gasteiger partial charge in [-0.1, -0.05) is 30.3 Å². The number of hydrogen-bond acceptors (Lipinski definition) is 5. The number of rotatable bonds is 4. The third-order valence-corrected chi connectivity index (χ3v) is 5.22. The Kier molecular flexibility index (Phi) is 5.00. The Bertz CT molecular complexity index is 764. The fourth-order valence-corrected chi connectivity index (χ4v) is 3.70. The summed E-state index contributed by atoms with van der Waals surface area (Å²) in [6.07, 6.45) is -1.03. The first-order valence-corrected chi connectivity index (χ1v) is 8.70. The van der Waals surface area contributed by atoms with Crippen molar-refractivity contribution in [1.29, 1.82) is 0 Å². The molecule has 2 amide bonds. The lowest BCUT2D eigenvalue weighted by molar-refractivity contribution is -0.122. The highest BCUT2D eigenvalue weighted by Gasteiger charge is 2.41. The number of anilines is 1. The lowest BCUT2D eigenvalue weighted by atomic mass is 10.2. The fourth-order valence-electron chi connectivity index (χ4n) is 2.89. The Morgan fingerprint density at radius 3 is 2.72 bits per heavy atom. The number of aromatic nitrogens is 1. The molecular weight excluding hydrogens is 342 g/mol. The van der Waals surface area contributed by atoms with E-state index in [0.29, 0.717) is 11.6 Å². The summed E-state index contributed by atoms with van der Waals surface area (Å²) in [6, 6.07) is 8.94. The zero-order valence-corrected chi connectivity index (χ0v) is 14.8. The number of carboxylic acid groups (broad SMARTS) is 1. The van der Waals surface area contributed by atoms with Crippen LogP contribution in [0, 0.1) is 0 Å². The third kappa shape index (κ3) is 3.49. The minimum atomic E-state index is -1.12. The molecule has 0 aliphatic carbocycles. The minimum Gasteiger partial charge on any atom is -0.465 e. The number of thiazole rings is 1. The van der Waals surface area contributed by atoms with Gasteiger partial charge in [0, 0.05) is 31.5 Å². The standard InChI is InChI=1S/C17H19N3O4S/c1-19(15(21)14-8-12(24-2)9-20(14)17(22)23)16-18-13(10-25-16)11-6-4-3-5-7-11/h3-7,10,12,14H,8-9H2,1-2H3,(H,22,23)/t12-,14-/m0/s1. The van der Waals surface area contributed by atoms with Gasteiger partial charge in [0.25, 0.3) is 5.91 Å². The molecule has 0 unspecified atom stereocenters. The Morgan fingerprint density at radius 1 is 1.36 bits per heavy atom. The number of amides is 2. The predicted molar refractivity (Wildman–Crippen MR) is 94.9 cm³/mol. The second kappa shape index (κ2) is 7.20. The van der Waals surface area contributed by atoms with Crippen molar-refractivity contribution in [2.24, 2.45) is 0 Å². The van der Waals surface area contributed by atoms with E-state index in [0.717, 1.165) is 16.2 Å². The molecule has 1 fully saturated rings. The molecule has 2 aromatic rings. The number of likely N-dealkylation sites (tertiary alicyclic amines) is 1. The Labute approximate surface area is 149 Å². The smallest absolute Gasteiger partial charge is 0.408 e. The molecule has 3 rings (SSSR count). The van der Waals surface area contributed by atoms with E-state index in [1.807, 2.05) is 35.7 Å². The predicted octanol–water partition coefficient (Wildman–Crippen LogP) is 2.54. The van der Waals surface area contributed by atoms with Crippen molar-refractivity contribution in [3.8, 4) is 11.3 Å². The van der Waals surface area contributed by atoms with Crippen LogP contribution in [0.3, 0.4) is 0 Å². The molecule has 0 spiro atoms. The molecule has 7 nitrogen and oxygen atoms in total. The molecule has 8 heteroatoms. The Morgan fingerprint density at radius 2 is 2.08 bits per heavy atom. The normalized spacial score (nSPS) is 19.8. The van der Waals surface area contributed by atoms with Crippen molar-refractivity contribution in [2.75, 3.05) is 25.6 Å². The van der Waals surface area contributed by atoms with Gasteiger partial charge in [0.2, 0.25) is 0 Å². The monoisotopic (exact) mass is 361 g/mol. The zero-order valence-electron chi connectivity index (χ0n) is 14.0. The van der Waals surface area contributed by atoms with Crippen molar-refractivity contribution in [2.45, 2.75) is 18.6 Å². The van der Waals surface area contributed by atoms with Crippen molar-refractivity contribution >= 4 is 28.5 Å². The highest BCUT2D eigenvalue weighted by Crippen LogP contribution is 2.29. The van der Waals surface area contributed by atoms with E-state index in [9.17, 15) is 14.7 Å². The summed E-state index contributed by atoms with van der Waals surface area (Å²) in [5.41, 5.74) is 1.76. The average molecular weight is 361 g/mol. The molecule has 132 valence electrons. The summed E-state index contributed by atoms with van der Waals surface area (Å²) in [4.78, 5) is 31.3. The second-order valence-corrected chi connectivity index (χ2v) is 6.66. The van der Waals surface area contributed by atoms with Gasteiger partial charge in [-0.05, 0) is 0 Å². The van der Waals surface area contributed by atoms with Gasteiger partial charge in [0.05, 0.1) is 18.3 Å². The second-order valence-electron chi connectivity index (χ2n) is 5.82. The molecule has 1 aromatic carbocycles. The van der Waals surface area contributed by atoms with Crippen LogP contribution >= 0.6 is 11.3 Å². The van der Waals surface area contributed by atoms with Crippen LogP contribution in [0.25, 0.3) is 11.3 Å². The first-order chi connectivity index (χ1) is 12.0. The molecular formula is C17H19N3O4S. The molecule has 0 saturated carbocycles. The lowest BCUT2D eigenvalue weighted by Gasteiger charge is -2.24. The number of carbonyl (C=O) groups excluding carboxylic acids is 1. The summed E-state index contributed by atoms with van der Waals surface area (Å²) in [5, 5.41) is 11.8. The molecule has 1 aliphatic rings. The van der Waals surface area contributed by atoms with Gasteiger partial charge in [-0.2, -0.15) is 0 Å². The summed E-state index contributed by atoms with van der Waals surface area (Å²) >= 11 is 1.35. The van der Waals surface area contributed by atoms with Crippen LogP contribution in [-0.2, 0) is 9.53 Å². The first kappa shape index (κ1) is 17.4. The Balaban J connectivity index is 1.78. The van der Waals surface area contributed by atoms with Gasteiger partial charge in [0.1, 0.15) is 6.04 Å². The molecule has 2 heterocycles. The van der Waals surface area contributed by atoms with Gasteiger partial charge in [0.15, 0.2) is 5.13 Å². The largest absolute Gasteiger partial charge is 0.465 e. The van der Waals surface area contributed by atoms with Crippen LogP contribution < -0.4 is 4.90 Å².